The van der Waals surface area contributed by atoms with Crippen LogP contribution in [0.1, 0.15) is 18.4 Å². The monoisotopic (exact) mass is 316 g/mol. The molecule has 0 spiro atoms. The van der Waals surface area contributed by atoms with Crippen molar-refractivity contribution in [3.05, 3.63) is 23.2 Å². The molecule has 1 fully saturated rings. The standard InChI is InChI=1S/C14H15F3N2OS/c1-2-20-9-3-4-10-11(7-9)21-12(19-10)13(14(15,16)17)5-6-18-8-13/h3-4,7,18H,2,5-6,8H2,1H3. The van der Waals surface area contributed by atoms with E-state index in [0.717, 1.165) is 16.0 Å². The minimum Gasteiger partial charge on any atom is -0.494 e. The first kappa shape index (κ1) is 14.6. The Hall–Kier alpha value is -1.34. The molecule has 2 aromatic rings. The van der Waals surface area contributed by atoms with E-state index in [1.165, 1.54) is 0 Å². The van der Waals surface area contributed by atoms with Crippen LogP contribution in [0.4, 0.5) is 13.2 Å². The molecule has 0 bridgehead atoms. The highest BCUT2D eigenvalue weighted by atomic mass is 32.1. The van der Waals surface area contributed by atoms with Crippen molar-refractivity contribution in [2.24, 2.45) is 0 Å². The molecule has 0 aliphatic carbocycles. The Labute approximate surface area is 124 Å². The number of nitrogens with zero attached hydrogens (tertiary/aromatic N) is 1. The molecule has 1 atom stereocenters. The van der Waals surface area contributed by atoms with E-state index in [1.807, 2.05) is 6.92 Å². The molecule has 3 nitrogen and oxygen atoms in total. The maximum Gasteiger partial charge on any atom is 0.402 e. The second-order valence-electron chi connectivity index (χ2n) is 5.09. The van der Waals surface area contributed by atoms with Crippen molar-refractivity contribution in [2.45, 2.75) is 24.9 Å². The molecule has 7 heteroatoms. The molecule has 1 saturated heterocycles. The number of nitrogens with one attached hydrogen (secondary N) is 1. The highest BCUT2D eigenvalue weighted by Crippen LogP contribution is 2.47. The van der Waals surface area contributed by atoms with E-state index in [1.54, 1.807) is 18.2 Å². The van der Waals surface area contributed by atoms with Crippen LogP contribution < -0.4 is 10.1 Å². The van der Waals surface area contributed by atoms with Gasteiger partial charge in [0.15, 0.2) is 0 Å². The molecular weight excluding hydrogens is 301 g/mol. The molecule has 0 amide bonds. The highest BCUT2D eigenvalue weighted by Gasteiger charge is 2.59. The van der Waals surface area contributed by atoms with Crippen LogP contribution in [0.3, 0.4) is 0 Å². The zero-order chi connectivity index (χ0) is 15.1. The van der Waals surface area contributed by atoms with Gasteiger partial charge < -0.3 is 10.1 Å². The summed E-state index contributed by atoms with van der Waals surface area (Å²) in [5, 5.41) is 2.96. The van der Waals surface area contributed by atoms with Gasteiger partial charge in [0, 0.05) is 6.54 Å². The second-order valence-corrected chi connectivity index (χ2v) is 6.12. The Morgan fingerprint density at radius 1 is 1.43 bits per heavy atom. The van der Waals surface area contributed by atoms with Gasteiger partial charge in [-0.1, -0.05) is 0 Å². The molecular formula is C14H15F3N2OS. The smallest absolute Gasteiger partial charge is 0.402 e. The quantitative estimate of drug-likeness (QED) is 0.941. The number of rotatable bonds is 3. The summed E-state index contributed by atoms with van der Waals surface area (Å²) in [5.41, 5.74) is -1.27. The summed E-state index contributed by atoms with van der Waals surface area (Å²) in [6, 6.07) is 5.21. The second kappa shape index (κ2) is 5.14. The van der Waals surface area contributed by atoms with Crippen LogP contribution in [0, 0.1) is 0 Å². The van der Waals surface area contributed by atoms with Crippen molar-refractivity contribution in [1.82, 2.24) is 10.3 Å². The number of halogens is 3. The minimum absolute atomic E-state index is 0.0363. The normalized spacial score (nSPS) is 22.9. The van der Waals surface area contributed by atoms with Crippen LogP contribution >= 0.6 is 11.3 Å². The van der Waals surface area contributed by atoms with Gasteiger partial charge in [-0.05, 0) is 38.1 Å². The van der Waals surface area contributed by atoms with E-state index in [2.05, 4.69) is 10.3 Å². The van der Waals surface area contributed by atoms with E-state index in [9.17, 15) is 13.2 Å². The van der Waals surface area contributed by atoms with Crippen molar-refractivity contribution in [3.8, 4) is 5.75 Å². The molecule has 1 aliphatic heterocycles. The summed E-state index contributed by atoms with van der Waals surface area (Å²) in [5.74, 6) is 0.658. The van der Waals surface area contributed by atoms with Gasteiger partial charge in [-0.15, -0.1) is 11.3 Å². The van der Waals surface area contributed by atoms with Crippen LogP contribution in [-0.4, -0.2) is 30.9 Å². The Morgan fingerprint density at radius 2 is 2.24 bits per heavy atom. The van der Waals surface area contributed by atoms with E-state index in [0.29, 0.717) is 24.4 Å². The maximum atomic E-state index is 13.5. The lowest BCUT2D eigenvalue weighted by atomic mass is 9.87. The molecule has 1 unspecified atom stereocenters. The number of alkyl halides is 3. The number of benzene rings is 1. The van der Waals surface area contributed by atoms with Gasteiger partial charge in [0.2, 0.25) is 0 Å². The highest BCUT2D eigenvalue weighted by molar-refractivity contribution is 7.18. The third-order valence-corrected chi connectivity index (χ3v) is 5.00. The molecule has 2 heterocycles. The maximum absolute atomic E-state index is 13.5. The SMILES string of the molecule is CCOc1ccc2nc(C3(C(F)(F)F)CCNC3)sc2c1. The van der Waals surface area contributed by atoms with Gasteiger partial charge in [0.25, 0.3) is 0 Å². The molecule has 1 aromatic carbocycles. The van der Waals surface area contributed by atoms with Gasteiger partial charge >= 0.3 is 6.18 Å². The average molecular weight is 316 g/mol. The summed E-state index contributed by atoms with van der Waals surface area (Å²) in [4.78, 5) is 4.24. The largest absolute Gasteiger partial charge is 0.494 e. The van der Waals surface area contributed by atoms with Crippen molar-refractivity contribution >= 4 is 21.6 Å². The van der Waals surface area contributed by atoms with Crippen LogP contribution in [0.15, 0.2) is 18.2 Å². The predicted octanol–water partition coefficient (Wildman–Crippen LogP) is 3.49. The summed E-state index contributed by atoms with van der Waals surface area (Å²) in [6.45, 7) is 2.65. The zero-order valence-electron chi connectivity index (χ0n) is 11.5. The molecule has 1 aliphatic rings. The molecule has 1 N–H and O–H groups in total. The topological polar surface area (TPSA) is 34.1 Å². The molecule has 0 saturated carbocycles. The lowest BCUT2D eigenvalue weighted by molar-refractivity contribution is -0.184. The van der Waals surface area contributed by atoms with Gasteiger partial charge in [-0.3, -0.25) is 0 Å². The number of thiazole rings is 1. The first-order valence-corrected chi connectivity index (χ1v) is 7.59. The summed E-state index contributed by atoms with van der Waals surface area (Å²) >= 11 is 1.11. The minimum atomic E-state index is -4.30. The van der Waals surface area contributed by atoms with Crippen molar-refractivity contribution in [1.29, 1.82) is 0 Å². The average Bonchev–Trinajstić information content (AvgIpc) is 3.05. The van der Waals surface area contributed by atoms with Crippen LogP contribution in [0.25, 0.3) is 10.2 Å². The van der Waals surface area contributed by atoms with Crippen molar-refractivity contribution in [2.75, 3.05) is 19.7 Å². The zero-order valence-corrected chi connectivity index (χ0v) is 12.3. The van der Waals surface area contributed by atoms with Crippen molar-refractivity contribution < 1.29 is 17.9 Å². The van der Waals surface area contributed by atoms with Gasteiger partial charge in [-0.2, -0.15) is 13.2 Å². The number of hydrogen-bond donors (Lipinski definition) is 1. The third kappa shape index (κ3) is 2.38. The lowest BCUT2D eigenvalue weighted by Gasteiger charge is -2.28. The van der Waals surface area contributed by atoms with E-state index in [4.69, 9.17) is 4.74 Å². The Morgan fingerprint density at radius 3 is 2.86 bits per heavy atom. The van der Waals surface area contributed by atoms with Gasteiger partial charge in [0.05, 0.1) is 16.8 Å². The van der Waals surface area contributed by atoms with Crippen LogP contribution in [0.2, 0.25) is 0 Å². The predicted molar refractivity (Wildman–Crippen MR) is 76.0 cm³/mol. The van der Waals surface area contributed by atoms with E-state index < -0.39 is 11.6 Å². The third-order valence-electron chi connectivity index (χ3n) is 3.78. The summed E-state index contributed by atoms with van der Waals surface area (Å²) in [7, 11) is 0. The van der Waals surface area contributed by atoms with Crippen LogP contribution in [-0.2, 0) is 5.41 Å². The van der Waals surface area contributed by atoms with Crippen molar-refractivity contribution in [3.63, 3.8) is 0 Å². The summed E-state index contributed by atoms with van der Waals surface area (Å²) < 4.78 is 46.7. The first-order valence-electron chi connectivity index (χ1n) is 6.77. The number of ether oxygens (including phenoxy) is 1. The number of hydrogen-bond acceptors (Lipinski definition) is 4. The Balaban J connectivity index is 2.07. The number of aromatic nitrogens is 1. The van der Waals surface area contributed by atoms with Gasteiger partial charge in [-0.25, -0.2) is 4.98 Å². The molecule has 0 radical (unpaired) electrons. The van der Waals surface area contributed by atoms with Crippen LogP contribution in [0.5, 0.6) is 5.75 Å². The Bertz CT molecular complexity index is 647. The fourth-order valence-corrected chi connectivity index (χ4v) is 3.83. The van der Waals surface area contributed by atoms with E-state index in [-0.39, 0.29) is 18.0 Å². The molecule has 21 heavy (non-hydrogen) atoms. The molecule has 1 aromatic heterocycles. The number of fused-ring (bicyclic) bond motifs is 1. The summed E-state index contributed by atoms with van der Waals surface area (Å²) in [6.07, 6.45) is -4.26. The first-order chi connectivity index (χ1) is 9.96. The van der Waals surface area contributed by atoms with E-state index >= 15 is 0 Å². The molecule has 3 rings (SSSR count). The Kier molecular flexibility index (Phi) is 3.57. The molecule has 114 valence electrons. The fourth-order valence-electron chi connectivity index (χ4n) is 2.60. The van der Waals surface area contributed by atoms with Gasteiger partial charge in [0.1, 0.15) is 16.2 Å². The lowest BCUT2D eigenvalue weighted by Crippen LogP contribution is -2.44. The fraction of sp³-hybridized carbons (Fsp3) is 0.500.